The van der Waals surface area contributed by atoms with Crippen molar-refractivity contribution in [1.29, 1.82) is 0 Å². The van der Waals surface area contributed by atoms with Crippen LogP contribution < -0.4 is 0 Å². The summed E-state index contributed by atoms with van der Waals surface area (Å²) in [5.41, 5.74) is 5.08. The Kier molecular flexibility index (Phi) is 6.66. The van der Waals surface area contributed by atoms with Crippen LogP contribution in [0.4, 0.5) is 0 Å². The van der Waals surface area contributed by atoms with Crippen molar-refractivity contribution >= 4 is 29.9 Å². The van der Waals surface area contributed by atoms with Crippen LogP contribution >= 0.6 is 0 Å². The molecule has 3 aromatic rings. The number of carbonyl (C=O) groups is 1. The topological polar surface area (TPSA) is 62.6 Å². The fourth-order valence-corrected chi connectivity index (χ4v) is 5.07. The van der Waals surface area contributed by atoms with Crippen LogP contribution in [0.15, 0.2) is 54.1 Å². The molecule has 0 N–H and O–H groups in total. The summed E-state index contributed by atoms with van der Waals surface area (Å²) < 4.78 is 21.0. The Bertz CT molecular complexity index is 1270. The van der Waals surface area contributed by atoms with Crippen molar-refractivity contribution < 1.29 is 18.8 Å². The van der Waals surface area contributed by atoms with E-state index in [4.69, 9.17) is 14.0 Å². The van der Waals surface area contributed by atoms with E-state index in [2.05, 4.69) is 57.9 Å². The van der Waals surface area contributed by atoms with Crippen molar-refractivity contribution in [2.45, 2.75) is 77.7 Å². The van der Waals surface area contributed by atoms with Gasteiger partial charge < -0.3 is 14.0 Å². The molecule has 5 rings (SSSR count). The van der Waals surface area contributed by atoms with Gasteiger partial charge in [-0.15, -0.1) is 0 Å². The number of benzene rings is 2. The van der Waals surface area contributed by atoms with Gasteiger partial charge in [0, 0.05) is 17.6 Å². The number of hydrogen-bond acceptors (Lipinski definition) is 5. The van der Waals surface area contributed by atoms with Gasteiger partial charge in [0.25, 0.3) is 0 Å². The molecule has 0 saturated carbocycles. The summed E-state index contributed by atoms with van der Waals surface area (Å²) >= 11 is 0. The monoisotopic (exact) mass is 486 g/mol. The second kappa shape index (κ2) is 9.62. The molecule has 3 heterocycles. The lowest BCUT2D eigenvalue weighted by molar-refractivity contribution is -0.0366. The molecule has 0 radical (unpaired) electrons. The van der Waals surface area contributed by atoms with Crippen molar-refractivity contribution in [3.05, 3.63) is 70.8 Å². The summed E-state index contributed by atoms with van der Waals surface area (Å²) in [5.74, 6) is 0. The average Bonchev–Trinajstić information content (AvgIpc) is 3.39. The Morgan fingerprint density at radius 2 is 1.75 bits per heavy atom. The molecule has 0 spiro atoms. The summed E-state index contributed by atoms with van der Waals surface area (Å²) in [7, 11) is -0.463. The third-order valence-corrected chi connectivity index (χ3v) is 7.89. The van der Waals surface area contributed by atoms with Crippen molar-refractivity contribution in [3.63, 3.8) is 0 Å². The maximum Gasteiger partial charge on any atom is 0.491 e. The van der Waals surface area contributed by atoms with E-state index in [9.17, 15) is 4.79 Å². The quantitative estimate of drug-likeness (QED) is 0.298. The molecular formula is C29H35BN2O4. The Morgan fingerprint density at radius 3 is 2.36 bits per heavy atom. The standard InChI is InChI=1S/C29H35BN2O4/c1-6-24(30-35-28(2,3)29(4,5)36-30)27(21-12-10-20(19-33)11-13-21)22-14-15-25-23(17-22)18-31-32(25)26-9-7-8-16-34-26/h10-15,17-19,26H,6-9,16H2,1-5H3/b27-24+. The van der Waals surface area contributed by atoms with Gasteiger partial charge in [0.2, 0.25) is 0 Å². The average molecular weight is 486 g/mol. The van der Waals surface area contributed by atoms with Gasteiger partial charge >= 0.3 is 7.12 Å². The number of aromatic nitrogens is 2. The lowest BCUT2D eigenvalue weighted by Gasteiger charge is -2.32. The number of aldehydes is 1. The third kappa shape index (κ3) is 4.45. The maximum atomic E-state index is 11.3. The highest BCUT2D eigenvalue weighted by Crippen LogP contribution is 2.42. The minimum atomic E-state index is -0.463. The van der Waals surface area contributed by atoms with Crippen LogP contribution in [0, 0.1) is 0 Å². The molecule has 2 aliphatic heterocycles. The van der Waals surface area contributed by atoms with Crippen molar-refractivity contribution in [2.75, 3.05) is 6.61 Å². The molecule has 2 aliphatic rings. The minimum Gasteiger partial charge on any atom is -0.400 e. The Balaban J connectivity index is 1.63. The predicted octanol–water partition coefficient (Wildman–Crippen LogP) is 6.39. The first-order valence-electron chi connectivity index (χ1n) is 13.0. The largest absolute Gasteiger partial charge is 0.491 e. The van der Waals surface area contributed by atoms with Crippen LogP contribution in [0.2, 0.25) is 0 Å². The van der Waals surface area contributed by atoms with Gasteiger partial charge in [-0.2, -0.15) is 5.10 Å². The zero-order chi connectivity index (χ0) is 25.5. The van der Waals surface area contributed by atoms with E-state index in [0.29, 0.717) is 5.56 Å². The molecule has 1 unspecified atom stereocenters. The van der Waals surface area contributed by atoms with Crippen LogP contribution in [0.5, 0.6) is 0 Å². The predicted molar refractivity (Wildman–Crippen MR) is 143 cm³/mol. The summed E-state index contributed by atoms with van der Waals surface area (Å²) in [6, 6.07) is 14.2. The summed E-state index contributed by atoms with van der Waals surface area (Å²) in [4.78, 5) is 11.3. The van der Waals surface area contributed by atoms with Crippen LogP contribution in [-0.4, -0.2) is 41.0 Å². The highest BCUT2D eigenvalue weighted by atomic mass is 16.7. The van der Waals surface area contributed by atoms with Gasteiger partial charge in [0.1, 0.15) is 6.29 Å². The summed E-state index contributed by atoms with van der Waals surface area (Å²) in [6.07, 6.45) is 6.78. The normalized spacial score (nSPS) is 22.0. The van der Waals surface area contributed by atoms with E-state index >= 15 is 0 Å². The van der Waals surface area contributed by atoms with E-state index < -0.39 is 18.3 Å². The molecule has 7 heteroatoms. The maximum absolute atomic E-state index is 11.3. The van der Waals surface area contributed by atoms with E-state index in [-0.39, 0.29) is 6.23 Å². The molecule has 2 saturated heterocycles. The van der Waals surface area contributed by atoms with Gasteiger partial charge in [0.15, 0.2) is 6.23 Å². The lowest BCUT2D eigenvalue weighted by Crippen LogP contribution is -2.41. The number of ether oxygens (including phenoxy) is 1. The van der Waals surface area contributed by atoms with E-state index in [1.165, 1.54) is 0 Å². The number of carbonyl (C=O) groups excluding carboxylic acids is 1. The van der Waals surface area contributed by atoms with Gasteiger partial charge in [-0.25, -0.2) is 4.68 Å². The zero-order valence-electron chi connectivity index (χ0n) is 21.9. The van der Waals surface area contributed by atoms with Crippen molar-refractivity contribution in [2.24, 2.45) is 0 Å². The zero-order valence-corrected chi connectivity index (χ0v) is 21.9. The number of hydrogen-bond donors (Lipinski definition) is 0. The van der Waals surface area contributed by atoms with Gasteiger partial charge in [-0.3, -0.25) is 4.79 Å². The van der Waals surface area contributed by atoms with E-state index in [0.717, 1.165) is 71.7 Å². The van der Waals surface area contributed by atoms with Crippen LogP contribution in [0.3, 0.4) is 0 Å². The number of fused-ring (bicyclic) bond motifs is 1. The summed E-state index contributed by atoms with van der Waals surface area (Å²) in [5, 5.41) is 5.75. The minimum absolute atomic E-state index is 0.0102. The van der Waals surface area contributed by atoms with Crippen molar-refractivity contribution in [3.8, 4) is 0 Å². The van der Waals surface area contributed by atoms with Gasteiger partial charge in [-0.05, 0) is 87.7 Å². The van der Waals surface area contributed by atoms with Crippen LogP contribution in [0.25, 0.3) is 16.5 Å². The molecule has 1 aromatic heterocycles. The third-order valence-electron chi connectivity index (χ3n) is 7.89. The molecule has 0 bridgehead atoms. The van der Waals surface area contributed by atoms with E-state index in [1.807, 2.05) is 35.1 Å². The Hall–Kier alpha value is -2.74. The van der Waals surface area contributed by atoms with Gasteiger partial charge in [0.05, 0.1) is 22.9 Å². The molecule has 188 valence electrons. The van der Waals surface area contributed by atoms with Gasteiger partial charge in [-0.1, -0.05) is 37.3 Å². The smallest absolute Gasteiger partial charge is 0.400 e. The van der Waals surface area contributed by atoms with E-state index in [1.54, 1.807) is 0 Å². The summed E-state index contributed by atoms with van der Waals surface area (Å²) in [6.45, 7) is 11.2. The van der Waals surface area contributed by atoms with Crippen molar-refractivity contribution in [1.82, 2.24) is 9.78 Å². The number of nitrogens with zero attached hydrogens (tertiary/aromatic N) is 2. The fraction of sp³-hybridized carbons (Fsp3) is 0.448. The first kappa shape index (κ1) is 24.9. The molecule has 1 atom stereocenters. The second-order valence-electron chi connectivity index (χ2n) is 10.8. The molecule has 2 fully saturated rings. The fourth-order valence-electron chi connectivity index (χ4n) is 5.07. The molecule has 6 nitrogen and oxygen atoms in total. The lowest BCUT2D eigenvalue weighted by atomic mass is 9.70. The highest BCUT2D eigenvalue weighted by Gasteiger charge is 2.52. The van der Waals surface area contributed by atoms with Crippen LogP contribution in [-0.2, 0) is 14.0 Å². The molecule has 0 amide bonds. The second-order valence-corrected chi connectivity index (χ2v) is 10.8. The Labute approximate surface area is 213 Å². The first-order chi connectivity index (χ1) is 17.2. The molecular weight excluding hydrogens is 451 g/mol. The SMILES string of the molecule is CC/C(B1OC(C)(C)C(C)(C)O1)=C(/c1ccc(C=O)cc1)c1ccc2c(cnn2C2CCCCO2)c1. The van der Waals surface area contributed by atoms with Crippen LogP contribution in [0.1, 0.15) is 88.0 Å². The molecule has 36 heavy (non-hydrogen) atoms. The number of rotatable bonds is 6. The molecule has 0 aliphatic carbocycles. The number of allylic oxidation sites excluding steroid dienone is 1. The molecule has 2 aromatic carbocycles. The Morgan fingerprint density at radius 1 is 1.06 bits per heavy atom. The first-order valence-corrected chi connectivity index (χ1v) is 13.0. The highest BCUT2D eigenvalue weighted by molar-refractivity contribution is 6.56.